The molecular weight excluding hydrogens is 312 g/mol. The normalized spacial score (nSPS) is 12.8. The number of rotatable bonds is 3. The van der Waals surface area contributed by atoms with Gasteiger partial charge in [-0.05, 0) is 36.9 Å². The molecule has 0 aliphatic heterocycles. The molecule has 21 heavy (non-hydrogen) atoms. The molecule has 3 aromatic rings. The van der Waals surface area contributed by atoms with Gasteiger partial charge in [0, 0.05) is 5.39 Å². The second-order valence-corrected chi connectivity index (χ2v) is 5.52. The van der Waals surface area contributed by atoms with E-state index in [2.05, 4.69) is 5.32 Å². The molecule has 0 fully saturated rings. The molecule has 3 rings (SSSR count). The number of hydrogen-bond acceptors (Lipinski definition) is 2. The molecule has 108 valence electrons. The van der Waals surface area contributed by atoms with E-state index in [1.807, 2.05) is 18.2 Å². The topological polar surface area (TPSA) is 25.2 Å². The zero-order valence-electron chi connectivity index (χ0n) is 11.2. The first-order valence-electron chi connectivity index (χ1n) is 6.40. The lowest BCUT2D eigenvalue weighted by molar-refractivity contribution is 0.491. The Morgan fingerprint density at radius 2 is 1.90 bits per heavy atom. The fourth-order valence-electron chi connectivity index (χ4n) is 2.35. The van der Waals surface area contributed by atoms with Crippen LogP contribution in [-0.2, 0) is 0 Å². The first-order chi connectivity index (χ1) is 10.1. The van der Waals surface area contributed by atoms with Gasteiger partial charge in [-0.3, -0.25) is 0 Å². The van der Waals surface area contributed by atoms with Crippen LogP contribution in [0.15, 0.2) is 46.9 Å². The smallest absolute Gasteiger partial charge is 0.152 e. The summed E-state index contributed by atoms with van der Waals surface area (Å²) in [5.74, 6) is 0.256. The van der Waals surface area contributed by atoms with Gasteiger partial charge >= 0.3 is 0 Å². The number of para-hydroxylation sites is 1. The lowest BCUT2D eigenvalue weighted by Gasteiger charge is -2.14. The van der Waals surface area contributed by atoms with Crippen LogP contribution >= 0.6 is 23.2 Å². The summed E-state index contributed by atoms with van der Waals surface area (Å²) in [5.41, 5.74) is 1.46. The molecule has 0 aliphatic rings. The third-order valence-corrected chi connectivity index (χ3v) is 3.95. The molecule has 0 saturated carbocycles. The summed E-state index contributed by atoms with van der Waals surface area (Å²) in [6, 6.07) is 11.9. The Balaban J connectivity index is 2.09. The highest BCUT2D eigenvalue weighted by Gasteiger charge is 2.18. The SMILES string of the molecule is CNC(c1ccc(F)c(Cl)c1)c1cc2cccc(Cl)c2o1. The minimum absolute atomic E-state index is 0.0851. The Labute approximate surface area is 131 Å². The van der Waals surface area contributed by atoms with E-state index in [1.54, 1.807) is 25.2 Å². The standard InChI is InChI=1S/C16H12Cl2FNO/c1-20-15(9-5-6-13(19)12(18)7-9)14-8-10-3-2-4-11(17)16(10)21-14/h2-8,15,20H,1H3. The van der Waals surface area contributed by atoms with Crippen molar-refractivity contribution in [2.24, 2.45) is 0 Å². The van der Waals surface area contributed by atoms with Crippen molar-refractivity contribution in [2.75, 3.05) is 7.05 Å². The van der Waals surface area contributed by atoms with Crippen molar-refractivity contribution in [3.63, 3.8) is 0 Å². The molecule has 0 amide bonds. The average Bonchev–Trinajstić information content (AvgIpc) is 2.89. The molecule has 0 aliphatic carbocycles. The van der Waals surface area contributed by atoms with Crippen molar-refractivity contribution < 1.29 is 8.81 Å². The molecule has 1 unspecified atom stereocenters. The molecular formula is C16H12Cl2FNO. The van der Waals surface area contributed by atoms with Crippen molar-refractivity contribution in [1.29, 1.82) is 0 Å². The Kier molecular flexibility index (Phi) is 3.89. The Bertz CT molecular complexity index is 800. The third kappa shape index (κ3) is 2.64. The number of furan rings is 1. The molecule has 2 aromatic carbocycles. The highest BCUT2D eigenvalue weighted by Crippen LogP contribution is 2.32. The van der Waals surface area contributed by atoms with Crippen molar-refractivity contribution in [3.05, 3.63) is 69.7 Å². The van der Waals surface area contributed by atoms with Crippen molar-refractivity contribution in [3.8, 4) is 0 Å². The quantitative estimate of drug-likeness (QED) is 0.717. The molecule has 0 bridgehead atoms. The van der Waals surface area contributed by atoms with Gasteiger partial charge in [-0.1, -0.05) is 41.4 Å². The van der Waals surface area contributed by atoms with Gasteiger partial charge in [0.1, 0.15) is 11.6 Å². The lowest BCUT2D eigenvalue weighted by atomic mass is 10.0. The maximum atomic E-state index is 13.3. The minimum atomic E-state index is -0.442. The fourth-order valence-corrected chi connectivity index (χ4v) is 2.76. The van der Waals surface area contributed by atoms with Gasteiger partial charge in [-0.2, -0.15) is 0 Å². The van der Waals surface area contributed by atoms with E-state index in [0.29, 0.717) is 16.4 Å². The third-order valence-electron chi connectivity index (χ3n) is 3.37. The van der Waals surface area contributed by atoms with E-state index in [9.17, 15) is 4.39 Å². The summed E-state index contributed by atoms with van der Waals surface area (Å²) < 4.78 is 19.1. The van der Waals surface area contributed by atoms with Crippen molar-refractivity contribution >= 4 is 34.2 Å². The number of benzene rings is 2. The Hall–Kier alpha value is -1.55. The van der Waals surface area contributed by atoms with Crippen LogP contribution in [0.2, 0.25) is 10.0 Å². The lowest BCUT2D eigenvalue weighted by Crippen LogP contribution is -2.17. The van der Waals surface area contributed by atoms with E-state index in [4.69, 9.17) is 27.6 Å². The van der Waals surface area contributed by atoms with E-state index in [-0.39, 0.29) is 11.1 Å². The zero-order chi connectivity index (χ0) is 15.0. The molecule has 5 heteroatoms. The van der Waals surface area contributed by atoms with E-state index < -0.39 is 5.82 Å². The zero-order valence-corrected chi connectivity index (χ0v) is 12.7. The number of halogens is 3. The Morgan fingerprint density at radius 1 is 1.10 bits per heavy atom. The van der Waals surface area contributed by atoms with Gasteiger partial charge in [0.15, 0.2) is 5.58 Å². The molecule has 1 N–H and O–H groups in total. The van der Waals surface area contributed by atoms with Crippen LogP contribution in [0.3, 0.4) is 0 Å². The van der Waals surface area contributed by atoms with Crippen molar-refractivity contribution in [1.82, 2.24) is 5.32 Å². The summed E-state index contributed by atoms with van der Waals surface area (Å²) >= 11 is 12.0. The predicted octanol–water partition coefficient (Wildman–Crippen LogP) is 5.19. The second kappa shape index (κ2) is 5.68. The van der Waals surface area contributed by atoms with Gasteiger partial charge in [0.05, 0.1) is 16.1 Å². The predicted molar refractivity (Wildman–Crippen MR) is 83.5 cm³/mol. The van der Waals surface area contributed by atoms with Gasteiger partial charge in [-0.15, -0.1) is 0 Å². The summed E-state index contributed by atoms with van der Waals surface area (Å²) in [6.07, 6.45) is 0. The molecule has 1 atom stereocenters. The van der Waals surface area contributed by atoms with Crippen LogP contribution in [-0.4, -0.2) is 7.05 Å². The average molecular weight is 324 g/mol. The summed E-state index contributed by atoms with van der Waals surface area (Å²) in [6.45, 7) is 0. The van der Waals surface area contributed by atoms with Gasteiger partial charge in [-0.25, -0.2) is 4.39 Å². The van der Waals surface area contributed by atoms with Crippen LogP contribution in [0.25, 0.3) is 11.0 Å². The fraction of sp³-hybridized carbons (Fsp3) is 0.125. The molecule has 2 nitrogen and oxygen atoms in total. The van der Waals surface area contributed by atoms with Crippen molar-refractivity contribution in [2.45, 2.75) is 6.04 Å². The first kappa shape index (κ1) is 14.4. The van der Waals surface area contributed by atoms with E-state index in [1.165, 1.54) is 6.07 Å². The molecule has 1 aromatic heterocycles. The highest BCUT2D eigenvalue weighted by atomic mass is 35.5. The largest absolute Gasteiger partial charge is 0.457 e. The first-order valence-corrected chi connectivity index (χ1v) is 7.16. The molecule has 0 spiro atoms. The maximum Gasteiger partial charge on any atom is 0.152 e. The molecule has 0 radical (unpaired) electrons. The number of nitrogens with one attached hydrogen (secondary N) is 1. The van der Waals surface area contributed by atoms with E-state index in [0.717, 1.165) is 10.9 Å². The molecule has 1 heterocycles. The van der Waals surface area contributed by atoms with Crippen LogP contribution in [0, 0.1) is 5.82 Å². The monoisotopic (exact) mass is 323 g/mol. The summed E-state index contributed by atoms with van der Waals surface area (Å²) in [7, 11) is 1.80. The van der Waals surface area contributed by atoms with Gasteiger partial charge in [0.25, 0.3) is 0 Å². The Morgan fingerprint density at radius 3 is 2.57 bits per heavy atom. The van der Waals surface area contributed by atoms with Crippen LogP contribution in [0.5, 0.6) is 0 Å². The van der Waals surface area contributed by atoms with Gasteiger partial charge in [0.2, 0.25) is 0 Å². The van der Waals surface area contributed by atoms with Crippen LogP contribution < -0.4 is 5.32 Å². The summed E-state index contributed by atoms with van der Waals surface area (Å²) in [4.78, 5) is 0. The summed E-state index contributed by atoms with van der Waals surface area (Å²) in [5, 5.41) is 4.71. The van der Waals surface area contributed by atoms with E-state index >= 15 is 0 Å². The van der Waals surface area contributed by atoms with Crippen LogP contribution in [0.4, 0.5) is 4.39 Å². The number of hydrogen-bond donors (Lipinski definition) is 1. The molecule has 0 saturated heterocycles. The maximum absolute atomic E-state index is 13.3. The second-order valence-electron chi connectivity index (χ2n) is 4.70. The highest BCUT2D eigenvalue weighted by molar-refractivity contribution is 6.34. The van der Waals surface area contributed by atoms with Crippen LogP contribution in [0.1, 0.15) is 17.4 Å². The minimum Gasteiger partial charge on any atom is -0.457 e. The number of fused-ring (bicyclic) bond motifs is 1. The van der Waals surface area contributed by atoms with Gasteiger partial charge < -0.3 is 9.73 Å².